The van der Waals surface area contributed by atoms with Gasteiger partial charge in [-0.2, -0.15) is 0 Å². The quantitative estimate of drug-likeness (QED) is 0.742. The third-order valence-corrected chi connectivity index (χ3v) is 3.29. The minimum absolute atomic E-state index is 0.00606. The molecule has 1 heterocycles. The number of carbonyl (C=O) groups excluding carboxylic acids is 1. The fourth-order valence-corrected chi connectivity index (χ4v) is 2.31. The van der Waals surface area contributed by atoms with Gasteiger partial charge in [0, 0.05) is 36.2 Å². The lowest BCUT2D eigenvalue weighted by Gasteiger charge is -2.05. The van der Waals surface area contributed by atoms with E-state index in [4.69, 9.17) is 5.11 Å². The molecule has 1 amide bonds. The van der Waals surface area contributed by atoms with Crippen molar-refractivity contribution in [1.29, 1.82) is 0 Å². The van der Waals surface area contributed by atoms with Crippen molar-refractivity contribution in [2.75, 3.05) is 13.2 Å². The predicted molar refractivity (Wildman–Crippen MR) is 76.1 cm³/mol. The second-order valence-electron chi connectivity index (χ2n) is 4.70. The van der Waals surface area contributed by atoms with Crippen molar-refractivity contribution < 1.29 is 9.90 Å². The minimum Gasteiger partial charge on any atom is -0.396 e. The van der Waals surface area contributed by atoms with Crippen LogP contribution >= 0.6 is 0 Å². The number of rotatable bonds is 6. The number of amides is 1. The van der Waals surface area contributed by atoms with Crippen LogP contribution in [0.4, 0.5) is 0 Å². The number of aromatic amines is 1. The highest BCUT2D eigenvalue weighted by atomic mass is 16.3. The van der Waals surface area contributed by atoms with E-state index in [9.17, 15) is 4.79 Å². The first kappa shape index (κ1) is 13.6. The van der Waals surface area contributed by atoms with Crippen molar-refractivity contribution in [2.45, 2.75) is 26.2 Å². The number of carbonyl (C=O) groups is 1. The van der Waals surface area contributed by atoms with Gasteiger partial charge in [-0.15, -0.1) is 0 Å². The molecule has 102 valence electrons. The molecule has 4 heteroatoms. The largest absolute Gasteiger partial charge is 0.396 e. The SMILES string of the molecule is Cc1[nH]c2ccccc2c1CCNC(=O)CCCO. The van der Waals surface area contributed by atoms with Gasteiger partial charge in [0.05, 0.1) is 0 Å². The molecule has 2 aromatic rings. The van der Waals surface area contributed by atoms with Crippen LogP contribution in [-0.4, -0.2) is 29.1 Å². The van der Waals surface area contributed by atoms with E-state index in [1.165, 1.54) is 10.9 Å². The van der Waals surface area contributed by atoms with E-state index in [1.54, 1.807) is 0 Å². The maximum atomic E-state index is 11.4. The van der Waals surface area contributed by atoms with Crippen molar-refractivity contribution in [1.82, 2.24) is 10.3 Å². The second kappa shape index (κ2) is 6.38. The van der Waals surface area contributed by atoms with Gasteiger partial charge in [0.1, 0.15) is 0 Å². The van der Waals surface area contributed by atoms with Crippen LogP contribution in [0.25, 0.3) is 10.9 Å². The van der Waals surface area contributed by atoms with E-state index in [0.29, 0.717) is 19.4 Å². The number of aliphatic hydroxyl groups is 1. The van der Waals surface area contributed by atoms with Gasteiger partial charge in [0.15, 0.2) is 0 Å². The molecule has 0 atom stereocenters. The van der Waals surface area contributed by atoms with Crippen molar-refractivity contribution in [3.63, 3.8) is 0 Å². The Morgan fingerprint density at radius 2 is 2.16 bits per heavy atom. The fourth-order valence-electron chi connectivity index (χ4n) is 2.31. The Balaban J connectivity index is 1.94. The van der Waals surface area contributed by atoms with E-state index in [1.807, 2.05) is 12.1 Å². The molecule has 0 bridgehead atoms. The van der Waals surface area contributed by atoms with Crippen LogP contribution in [0.3, 0.4) is 0 Å². The normalized spacial score (nSPS) is 10.8. The lowest BCUT2D eigenvalue weighted by atomic mass is 10.1. The highest BCUT2D eigenvalue weighted by Crippen LogP contribution is 2.21. The molecule has 0 fully saturated rings. The summed E-state index contributed by atoms with van der Waals surface area (Å²) in [5.41, 5.74) is 3.56. The second-order valence-corrected chi connectivity index (χ2v) is 4.70. The lowest BCUT2D eigenvalue weighted by Crippen LogP contribution is -2.25. The third-order valence-electron chi connectivity index (χ3n) is 3.29. The monoisotopic (exact) mass is 260 g/mol. The maximum Gasteiger partial charge on any atom is 0.220 e. The summed E-state index contributed by atoms with van der Waals surface area (Å²) in [5, 5.41) is 12.8. The molecule has 0 aliphatic carbocycles. The van der Waals surface area contributed by atoms with Crippen molar-refractivity contribution >= 4 is 16.8 Å². The summed E-state index contributed by atoms with van der Waals surface area (Å²) in [5.74, 6) is 0.00606. The molecule has 0 saturated heterocycles. The summed E-state index contributed by atoms with van der Waals surface area (Å²) in [4.78, 5) is 14.8. The minimum atomic E-state index is 0.00606. The third kappa shape index (κ3) is 3.35. The van der Waals surface area contributed by atoms with Crippen LogP contribution in [0, 0.1) is 6.92 Å². The zero-order valence-corrected chi connectivity index (χ0v) is 11.2. The van der Waals surface area contributed by atoms with Gasteiger partial charge < -0.3 is 15.4 Å². The smallest absolute Gasteiger partial charge is 0.220 e. The van der Waals surface area contributed by atoms with Crippen LogP contribution in [0.15, 0.2) is 24.3 Å². The highest BCUT2D eigenvalue weighted by Gasteiger charge is 2.08. The Hall–Kier alpha value is -1.81. The van der Waals surface area contributed by atoms with Crippen LogP contribution in [-0.2, 0) is 11.2 Å². The summed E-state index contributed by atoms with van der Waals surface area (Å²) in [6.07, 6.45) is 1.74. The van der Waals surface area contributed by atoms with E-state index in [-0.39, 0.29) is 12.5 Å². The first-order chi connectivity index (χ1) is 9.22. The number of aliphatic hydroxyl groups excluding tert-OH is 1. The lowest BCUT2D eigenvalue weighted by molar-refractivity contribution is -0.121. The molecule has 3 N–H and O–H groups in total. The molecule has 2 rings (SSSR count). The standard InChI is InChI=1S/C15H20N2O2/c1-11-12(8-9-16-15(19)7-4-10-18)13-5-2-3-6-14(13)17-11/h2-3,5-6,17-18H,4,7-10H2,1H3,(H,16,19). The summed E-state index contributed by atoms with van der Waals surface area (Å²) in [6.45, 7) is 2.75. The molecule has 0 radical (unpaired) electrons. The van der Waals surface area contributed by atoms with Crippen molar-refractivity contribution in [3.05, 3.63) is 35.5 Å². The molecule has 1 aromatic carbocycles. The fraction of sp³-hybridized carbons (Fsp3) is 0.400. The Morgan fingerprint density at radius 3 is 2.95 bits per heavy atom. The number of hydrogen-bond acceptors (Lipinski definition) is 2. The van der Waals surface area contributed by atoms with Gasteiger partial charge in [0.2, 0.25) is 5.91 Å². The van der Waals surface area contributed by atoms with Crippen molar-refractivity contribution in [3.8, 4) is 0 Å². The average Bonchev–Trinajstić information content (AvgIpc) is 2.73. The average molecular weight is 260 g/mol. The van der Waals surface area contributed by atoms with Gasteiger partial charge in [-0.3, -0.25) is 4.79 Å². The molecule has 0 spiro atoms. The summed E-state index contributed by atoms with van der Waals surface area (Å²) in [6, 6.07) is 8.20. The molecule has 19 heavy (non-hydrogen) atoms. The topological polar surface area (TPSA) is 65.1 Å². The van der Waals surface area contributed by atoms with E-state index in [2.05, 4.69) is 29.4 Å². The summed E-state index contributed by atoms with van der Waals surface area (Å²) >= 11 is 0. The van der Waals surface area contributed by atoms with Crippen LogP contribution < -0.4 is 5.32 Å². The van der Waals surface area contributed by atoms with Crippen LogP contribution in [0.5, 0.6) is 0 Å². The Morgan fingerprint density at radius 1 is 1.37 bits per heavy atom. The van der Waals surface area contributed by atoms with Crippen LogP contribution in [0.2, 0.25) is 0 Å². The van der Waals surface area contributed by atoms with Gasteiger partial charge in [-0.05, 0) is 31.4 Å². The van der Waals surface area contributed by atoms with E-state index < -0.39 is 0 Å². The number of hydrogen-bond donors (Lipinski definition) is 3. The van der Waals surface area contributed by atoms with Gasteiger partial charge in [-0.1, -0.05) is 18.2 Å². The number of aryl methyl sites for hydroxylation is 1. The number of nitrogens with one attached hydrogen (secondary N) is 2. The number of benzene rings is 1. The van der Waals surface area contributed by atoms with Gasteiger partial charge in [-0.25, -0.2) is 0 Å². The molecule has 0 aliphatic heterocycles. The number of aromatic nitrogens is 1. The molecule has 4 nitrogen and oxygen atoms in total. The molecular formula is C15H20N2O2. The first-order valence-electron chi connectivity index (χ1n) is 6.66. The van der Waals surface area contributed by atoms with Gasteiger partial charge in [0.25, 0.3) is 0 Å². The zero-order chi connectivity index (χ0) is 13.7. The van der Waals surface area contributed by atoms with Crippen LogP contribution in [0.1, 0.15) is 24.1 Å². The number of fused-ring (bicyclic) bond motifs is 1. The molecule has 0 saturated carbocycles. The summed E-state index contributed by atoms with van der Waals surface area (Å²) in [7, 11) is 0. The molecule has 0 aliphatic rings. The molecular weight excluding hydrogens is 240 g/mol. The Labute approximate surface area is 112 Å². The van der Waals surface area contributed by atoms with E-state index in [0.717, 1.165) is 17.6 Å². The number of H-pyrrole nitrogens is 1. The Bertz CT molecular complexity index is 560. The highest BCUT2D eigenvalue weighted by molar-refractivity contribution is 5.84. The predicted octanol–water partition coefficient (Wildman–Crippen LogP) is 1.91. The maximum absolute atomic E-state index is 11.4. The van der Waals surface area contributed by atoms with E-state index >= 15 is 0 Å². The first-order valence-corrected chi connectivity index (χ1v) is 6.66. The summed E-state index contributed by atoms with van der Waals surface area (Å²) < 4.78 is 0. The van der Waals surface area contributed by atoms with Gasteiger partial charge >= 0.3 is 0 Å². The molecule has 1 aromatic heterocycles. The Kier molecular flexibility index (Phi) is 4.58. The number of para-hydroxylation sites is 1. The molecule has 0 unspecified atom stereocenters. The van der Waals surface area contributed by atoms with Crippen molar-refractivity contribution in [2.24, 2.45) is 0 Å². The zero-order valence-electron chi connectivity index (χ0n) is 11.2.